The van der Waals surface area contributed by atoms with Gasteiger partial charge in [0.05, 0.1) is 11.4 Å². The van der Waals surface area contributed by atoms with E-state index in [1.165, 1.54) is 17.0 Å². The fourth-order valence-electron chi connectivity index (χ4n) is 4.46. The van der Waals surface area contributed by atoms with Gasteiger partial charge in [-0.1, -0.05) is 30.3 Å². The number of likely N-dealkylation sites (tertiary alicyclic amines) is 1. The molecule has 2 aliphatic heterocycles. The van der Waals surface area contributed by atoms with Gasteiger partial charge in [0, 0.05) is 35.8 Å². The Hall–Kier alpha value is -3.39. The zero-order chi connectivity index (χ0) is 23.7. The first-order chi connectivity index (χ1) is 16.5. The molecule has 0 radical (unpaired) electrons. The van der Waals surface area contributed by atoms with Crippen molar-refractivity contribution in [3.8, 4) is 0 Å². The van der Waals surface area contributed by atoms with Gasteiger partial charge in [0.15, 0.2) is 0 Å². The largest absolute Gasteiger partial charge is 0.341 e. The third-order valence-electron chi connectivity index (χ3n) is 6.25. The molecule has 34 heavy (non-hydrogen) atoms. The number of carbonyl (C=O) groups is 3. The summed E-state index contributed by atoms with van der Waals surface area (Å²) in [6, 6.07) is 13.5. The first-order valence-electron chi connectivity index (χ1n) is 11.3. The molecule has 2 fully saturated rings. The molecule has 0 unspecified atom stereocenters. The number of hydrogen-bond donors (Lipinski definition) is 0. The highest BCUT2D eigenvalue weighted by Gasteiger charge is 2.35. The number of carbonyl (C=O) groups excluding carboxylic acids is 3. The molecule has 6 nitrogen and oxygen atoms in total. The Labute approximate surface area is 201 Å². The molecule has 0 bridgehead atoms. The number of para-hydroxylation sites is 1. The van der Waals surface area contributed by atoms with Crippen molar-refractivity contribution in [2.45, 2.75) is 32.4 Å². The van der Waals surface area contributed by atoms with E-state index in [9.17, 15) is 18.8 Å². The number of benzene rings is 2. The lowest BCUT2D eigenvalue weighted by Gasteiger charge is -2.27. The lowest BCUT2D eigenvalue weighted by atomic mass is 10.1. The van der Waals surface area contributed by atoms with Crippen LogP contribution in [0.3, 0.4) is 0 Å². The first-order valence-corrected chi connectivity index (χ1v) is 12.2. The Bertz CT molecular complexity index is 1290. The topological polar surface area (TPSA) is 62.6 Å². The Morgan fingerprint density at radius 1 is 1.00 bits per heavy atom. The predicted molar refractivity (Wildman–Crippen MR) is 130 cm³/mol. The van der Waals surface area contributed by atoms with Crippen LogP contribution in [0.4, 0.5) is 9.18 Å². The summed E-state index contributed by atoms with van der Waals surface area (Å²) in [6.45, 7) is 1.92. The maximum Gasteiger partial charge on any atom is 0.293 e. The number of imide groups is 1. The third-order valence-corrected chi connectivity index (χ3v) is 7.16. The van der Waals surface area contributed by atoms with Crippen molar-refractivity contribution >= 4 is 45.8 Å². The minimum absolute atomic E-state index is 0.0895. The van der Waals surface area contributed by atoms with E-state index in [-0.39, 0.29) is 36.0 Å². The van der Waals surface area contributed by atoms with Crippen molar-refractivity contribution in [3.05, 3.63) is 76.6 Å². The second-order valence-corrected chi connectivity index (χ2v) is 9.56. The fraction of sp³-hybridized carbons (Fsp3) is 0.269. The Kier molecular flexibility index (Phi) is 6.24. The molecule has 8 heteroatoms. The maximum absolute atomic E-state index is 13.2. The van der Waals surface area contributed by atoms with Crippen LogP contribution in [0.1, 0.15) is 30.4 Å². The second-order valence-electron chi connectivity index (χ2n) is 8.57. The first kappa shape index (κ1) is 22.4. The molecule has 0 aliphatic carbocycles. The summed E-state index contributed by atoms with van der Waals surface area (Å²) in [5, 5.41) is 0.559. The normalized spacial score (nSPS) is 17.9. The number of amides is 3. The average Bonchev–Trinajstić information content (AvgIpc) is 3.33. The van der Waals surface area contributed by atoms with Crippen molar-refractivity contribution in [1.29, 1.82) is 0 Å². The Morgan fingerprint density at radius 3 is 2.50 bits per heavy atom. The fourth-order valence-corrected chi connectivity index (χ4v) is 5.29. The number of fused-ring (bicyclic) bond motifs is 1. The van der Waals surface area contributed by atoms with Crippen molar-refractivity contribution in [1.82, 2.24) is 14.4 Å². The third kappa shape index (κ3) is 4.50. The van der Waals surface area contributed by atoms with Gasteiger partial charge in [0.25, 0.3) is 11.1 Å². The quantitative estimate of drug-likeness (QED) is 0.484. The molecule has 2 saturated heterocycles. The minimum Gasteiger partial charge on any atom is -0.341 e. The highest BCUT2D eigenvalue weighted by atomic mass is 32.2. The van der Waals surface area contributed by atoms with Crippen molar-refractivity contribution in [2.24, 2.45) is 0 Å². The van der Waals surface area contributed by atoms with E-state index in [1.54, 1.807) is 18.2 Å². The van der Waals surface area contributed by atoms with Crippen LogP contribution in [0, 0.1) is 5.82 Å². The van der Waals surface area contributed by atoms with E-state index in [0.29, 0.717) is 10.5 Å². The van der Waals surface area contributed by atoms with Crippen LogP contribution in [0.5, 0.6) is 0 Å². The van der Waals surface area contributed by atoms with E-state index < -0.39 is 0 Å². The van der Waals surface area contributed by atoms with Crippen LogP contribution in [-0.4, -0.2) is 44.5 Å². The van der Waals surface area contributed by atoms with Crippen LogP contribution in [0.15, 0.2) is 59.6 Å². The molecule has 0 spiro atoms. The number of nitrogens with zero attached hydrogens (tertiary/aromatic N) is 3. The molecule has 3 amide bonds. The van der Waals surface area contributed by atoms with Crippen molar-refractivity contribution < 1.29 is 18.8 Å². The summed E-state index contributed by atoms with van der Waals surface area (Å²) < 4.78 is 15.1. The van der Waals surface area contributed by atoms with Gasteiger partial charge in [-0.2, -0.15) is 0 Å². The predicted octanol–water partition coefficient (Wildman–Crippen LogP) is 5.03. The highest BCUT2D eigenvalue weighted by molar-refractivity contribution is 8.18. The lowest BCUT2D eigenvalue weighted by molar-refractivity contribution is -0.132. The maximum atomic E-state index is 13.2. The number of aromatic nitrogens is 1. The number of rotatable bonds is 5. The van der Waals surface area contributed by atoms with E-state index in [4.69, 9.17) is 0 Å². The van der Waals surface area contributed by atoms with Gasteiger partial charge in [0.1, 0.15) is 12.4 Å². The van der Waals surface area contributed by atoms with E-state index in [2.05, 4.69) is 0 Å². The van der Waals surface area contributed by atoms with Crippen LogP contribution in [-0.2, 0) is 22.7 Å². The molecule has 5 rings (SSSR count). The smallest absolute Gasteiger partial charge is 0.293 e. The molecule has 174 valence electrons. The lowest BCUT2D eigenvalue weighted by Crippen LogP contribution is -2.37. The molecule has 3 aromatic rings. The number of thioether (sulfide) groups is 1. The van der Waals surface area contributed by atoms with Gasteiger partial charge in [-0.3, -0.25) is 19.3 Å². The van der Waals surface area contributed by atoms with Gasteiger partial charge in [-0.05, 0) is 60.9 Å². The van der Waals surface area contributed by atoms with Crippen molar-refractivity contribution in [3.63, 3.8) is 0 Å². The summed E-state index contributed by atoms with van der Waals surface area (Å²) in [5.74, 6) is -0.653. The van der Waals surface area contributed by atoms with Gasteiger partial charge in [-0.25, -0.2) is 4.39 Å². The minimum atomic E-state index is -0.374. The summed E-state index contributed by atoms with van der Waals surface area (Å²) in [7, 11) is 0. The molecule has 2 aromatic carbocycles. The Balaban J connectivity index is 1.40. The molecule has 1 aromatic heterocycles. The van der Waals surface area contributed by atoms with Gasteiger partial charge in [0.2, 0.25) is 5.91 Å². The second kappa shape index (κ2) is 9.46. The van der Waals surface area contributed by atoms with Crippen molar-refractivity contribution in [2.75, 3.05) is 13.1 Å². The van der Waals surface area contributed by atoms with Gasteiger partial charge in [-0.15, -0.1) is 0 Å². The van der Waals surface area contributed by atoms with Crippen LogP contribution in [0.2, 0.25) is 0 Å². The summed E-state index contributed by atoms with van der Waals surface area (Å²) in [6.07, 6.45) is 6.84. The molecule has 0 atom stereocenters. The monoisotopic (exact) mass is 477 g/mol. The number of halogens is 1. The highest BCUT2D eigenvalue weighted by Crippen LogP contribution is 2.35. The van der Waals surface area contributed by atoms with E-state index >= 15 is 0 Å². The van der Waals surface area contributed by atoms with Crippen LogP contribution in [0.25, 0.3) is 17.0 Å². The summed E-state index contributed by atoms with van der Waals surface area (Å²) >= 11 is 0.894. The molecule has 3 heterocycles. The Morgan fingerprint density at radius 2 is 1.74 bits per heavy atom. The molecule has 0 N–H and O–H groups in total. The zero-order valence-corrected chi connectivity index (χ0v) is 19.4. The molecule has 2 aliphatic rings. The average molecular weight is 478 g/mol. The van der Waals surface area contributed by atoms with Gasteiger partial charge < -0.3 is 9.47 Å². The molecule has 0 saturated carbocycles. The van der Waals surface area contributed by atoms with Crippen LogP contribution >= 0.6 is 11.8 Å². The number of hydrogen-bond acceptors (Lipinski definition) is 4. The van der Waals surface area contributed by atoms with Gasteiger partial charge >= 0.3 is 0 Å². The summed E-state index contributed by atoms with van der Waals surface area (Å²) in [5.41, 5.74) is 2.37. The van der Waals surface area contributed by atoms with E-state index in [1.807, 2.05) is 39.9 Å². The van der Waals surface area contributed by atoms with E-state index in [0.717, 1.165) is 60.6 Å². The zero-order valence-electron chi connectivity index (χ0n) is 18.6. The standard InChI is InChI=1S/C26H24FN3O3S/c27-20-10-8-18(9-11-20)15-30-25(32)23(34-26(30)33)14-19-16-29(22-7-3-2-6-21(19)22)17-24(31)28-12-4-1-5-13-28/h2-3,6-11,14,16H,1,4-5,12-13,15,17H2/b23-14-. The molecular formula is C26H24FN3O3S. The van der Waals surface area contributed by atoms with Crippen LogP contribution < -0.4 is 0 Å². The summed E-state index contributed by atoms with van der Waals surface area (Å²) in [4.78, 5) is 41.8. The molecular weight excluding hydrogens is 453 g/mol. The SMILES string of the molecule is O=C(Cn1cc(/C=C2\SC(=O)N(Cc3ccc(F)cc3)C2=O)c2ccccc21)N1CCCCC1. The number of piperidine rings is 1.